The molecule has 0 unspecified atom stereocenters. The van der Waals surface area contributed by atoms with E-state index in [9.17, 15) is 0 Å². The molecule has 0 fully saturated rings. The lowest BCUT2D eigenvalue weighted by molar-refractivity contribution is 0.660. The van der Waals surface area contributed by atoms with Gasteiger partial charge in [0.25, 0.3) is 0 Å². The lowest BCUT2D eigenvalue weighted by Gasteiger charge is -1.97. The summed E-state index contributed by atoms with van der Waals surface area (Å²) in [4.78, 5) is 0. The first-order valence-corrected chi connectivity index (χ1v) is 4.82. The molecule has 0 aromatic carbocycles. The highest BCUT2D eigenvalue weighted by Gasteiger charge is 2.09. The van der Waals surface area contributed by atoms with Crippen LogP contribution in [0.1, 0.15) is 6.92 Å². The van der Waals surface area contributed by atoms with Crippen molar-refractivity contribution in [1.29, 1.82) is 0 Å². The fraction of sp³-hybridized carbons (Fsp3) is 0.333. The van der Waals surface area contributed by atoms with Gasteiger partial charge in [0.1, 0.15) is 10.8 Å². The molecule has 0 aliphatic heterocycles. The summed E-state index contributed by atoms with van der Waals surface area (Å²) in [5.74, 6) is 0. The van der Waals surface area contributed by atoms with E-state index in [1.807, 2.05) is 26.1 Å². The molecule has 2 heterocycles. The number of aryl methyl sites for hydroxylation is 2. The number of hydrogen-bond donors (Lipinski definition) is 0. The second-order valence-electron chi connectivity index (χ2n) is 3.01. The van der Waals surface area contributed by atoms with Gasteiger partial charge < -0.3 is 0 Å². The van der Waals surface area contributed by atoms with Crippen LogP contribution in [-0.2, 0) is 13.6 Å². The molecule has 0 radical (unpaired) electrons. The molecule has 74 valence electrons. The van der Waals surface area contributed by atoms with Crippen LogP contribution < -0.4 is 0 Å². The minimum atomic E-state index is 0.656. The van der Waals surface area contributed by atoms with Gasteiger partial charge in [0.15, 0.2) is 0 Å². The Bertz CT molecular complexity index is 443. The first kappa shape index (κ1) is 9.27. The van der Waals surface area contributed by atoms with Crippen molar-refractivity contribution in [2.24, 2.45) is 7.05 Å². The minimum Gasteiger partial charge on any atom is -0.266 e. The molecule has 2 aromatic rings. The van der Waals surface area contributed by atoms with Crippen LogP contribution >= 0.6 is 11.6 Å². The molecular formula is C9H11ClN4. The zero-order valence-corrected chi connectivity index (χ0v) is 8.86. The van der Waals surface area contributed by atoms with Crippen molar-refractivity contribution in [3.63, 3.8) is 0 Å². The SMILES string of the molecule is CCn1nc(-c2ccnn2C)cc1Cl. The molecule has 0 aliphatic rings. The molecule has 2 aromatic heterocycles. The van der Waals surface area contributed by atoms with Crippen molar-refractivity contribution in [3.8, 4) is 11.4 Å². The van der Waals surface area contributed by atoms with E-state index in [4.69, 9.17) is 11.6 Å². The largest absolute Gasteiger partial charge is 0.266 e. The zero-order valence-electron chi connectivity index (χ0n) is 8.11. The number of rotatable bonds is 2. The topological polar surface area (TPSA) is 35.6 Å². The third kappa shape index (κ3) is 1.42. The maximum atomic E-state index is 5.99. The molecule has 0 saturated carbocycles. The summed E-state index contributed by atoms with van der Waals surface area (Å²) in [6.07, 6.45) is 1.74. The van der Waals surface area contributed by atoms with Crippen LogP contribution in [0.15, 0.2) is 18.3 Å². The molecule has 0 spiro atoms. The lowest BCUT2D eigenvalue weighted by atomic mass is 10.3. The molecule has 4 nitrogen and oxygen atoms in total. The van der Waals surface area contributed by atoms with E-state index in [0.29, 0.717) is 5.15 Å². The van der Waals surface area contributed by atoms with Crippen LogP contribution in [0.25, 0.3) is 11.4 Å². The van der Waals surface area contributed by atoms with Gasteiger partial charge in [-0.05, 0) is 13.0 Å². The normalized spacial score (nSPS) is 10.8. The molecular weight excluding hydrogens is 200 g/mol. The average Bonchev–Trinajstić information content (AvgIpc) is 2.71. The number of aromatic nitrogens is 4. The van der Waals surface area contributed by atoms with E-state index >= 15 is 0 Å². The van der Waals surface area contributed by atoms with Gasteiger partial charge in [0.05, 0.1) is 5.69 Å². The third-order valence-electron chi connectivity index (χ3n) is 2.11. The highest BCUT2D eigenvalue weighted by atomic mass is 35.5. The Kier molecular flexibility index (Phi) is 2.29. The summed E-state index contributed by atoms with van der Waals surface area (Å²) in [6.45, 7) is 2.78. The van der Waals surface area contributed by atoms with Gasteiger partial charge in [-0.15, -0.1) is 0 Å². The molecule has 5 heteroatoms. The Morgan fingerprint density at radius 3 is 2.79 bits per heavy atom. The van der Waals surface area contributed by atoms with Gasteiger partial charge in [-0.1, -0.05) is 11.6 Å². The van der Waals surface area contributed by atoms with E-state index in [0.717, 1.165) is 17.9 Å². The van der Waals surface area contributed by atoms with Gasteiger partial charge >= 0.3 is 0 Å². The van der Waals surface area contributed by atoms with E-state index < -0.39 is 0 Å². The smallest absolute Gasteiger partial charge is 0.127 e. The van der Waals surface area contributed by atoms with E-state index in [1.54, 1.807) is 15.6 Å². The molecule has 14 heavy (non-hydrogen) atoms. The van der Waals surface area contributed by atoms with Gasteiger partial charge in [-0.3, -0.25) is 9.36 Å². The Labute approximate surface area is 87.1 Å². The first-order valence-electron chi connectivity index (χ1n) is 4.44. The number of hydrogen-bond acceptors (Lipinski definition) is 2. The van der Waals surface area contributed by atoms with Gasteiger partial charge in [0.2, 0.25) is 0 Å². The van der Waals surface area contributed by atoms with Gasteiger partial charge in [-0.25, -0.2) is 0 Å². The highest BCUT2D eigenvalue weighted by molar-refractivity contribution is 6.29. The fourth-order valence-electron chi connectivity index (χ4n) is 1.37. The third-order valence-corrected chi connectivity index (χ3v) is 2.42. The van der Waals surface area contributed by atoms with Crippen molar-refractivity contribution in [2.75, 3.05) is 0 Å². The predicted molar refractivity (Wildman–Crippen MR) is 55.1 cm³/mol. The van der Waals surface area contributed by atoms with Crippen molar-refractivity contribution in [2.45, 2.75) is 13.5 Å². The standard InChI is InChI=1S/C9H11ClN4/c1-3-14-9(10)6-7(12-14)8-4-5-11-13(8)2/h4-6H,3H2,1-2H3. The molecule has 0 amide bonds. The lowest BCUT2D eigenvalue weighted by Crippen LogP contribution is -1.98. The second-order valence-corrected chi connectivity index (χ2v) is 3.40. The summed E-state index contributed by atoms with van der Waals surface area (Å²) in [5.41, 5.74) is 1.83. The maximum Gasteiger partial charge on any atom is 0.127 e. The molecule has 0 N–H and O–H groups in total. The number of nitrogens with zero attached hydrogens (tertiary/aromatic N) is 4. The predicted octanol–water partition coefficient (Wildman–Crippen LogP) is 1.96. The Balaban J connectivity index is 2.47. The Morgan fingerprint density at radius 1 is 1.50 bits per heavy atom. The first-order chi connectivity index (χ1) is 6.72. The minimum absolute atomic E-state index is 0.656. The summed E-state index contributed by atoms with van der Waals surface area (Å²) < 4.78 is 3.53. The monoisotopic (exact) mass is 210 g/mol. The second kappa shape index (κ2) is 3.46. The van der Waals surface area contributed by atoms with Crippen molar-refractivity contribution in [3.05, 3.63) is 23.5 Å². The van der Waals surface area contributed by atoms with Crippen LogP contribution in [0.4, 0.5) is 0 Å². The summed E-state index contributed by atoms with van der Waals surface area (Å²) in [6, 6.07) is 3.76. The van der Waals surface area contributed by atoms with Crippen molar-refractivity contribution >= 4 is 11.6 Å². The Hall–Kier alpha value is -1.29. The van der Waals surface area contributed by atoms with E-state index in [-0.39, 0.29) is 0 Å². The summed E-state index contributed by atoms with van der Waals surface area (Å²) >= 11 is 5.99. The van der Waals surface area contributed by atoms with Crippen LogP contribution in [0, 0.1) is 0 Å². The molecule has 0 aliphatic carbocycles. The van der Waals surface area contributed by atoms with E-state index in [1.165, 1.54) is 0 Å². The van der Waals surface area contributed by atoms with Crippen LogP contribution in [0.2, 0.25) is 5.15 Å². The van der Waals surface area contributed by atoms with Crippen molar-refractivity contribution in [1.82, 2.24) is 19.6 Å². The molecule has 0 saturated heterocycles. The molecule has 0 bridgehead atoms. The molecule has 0 atom stereocenters. The zero-order chi connectivity index (χ0) is 10.1. The summed E-state index contributed by atoms with van der Waals surface area (Å²) in [5, 5.41) is 9.09. The van der Waals surface area contributed by atoms with Crippen LogP contribution in [0.3, 0.4) is 0 Å². The van der Waals surface area contributed by atoms with Crippen molar-refractivity contribution < 1.29 is 0 Å². The molecule has 2 rings (SSSR count). The fourth-order valence-corrected chi connectivity index (χ4v) is 1.63. The maximum absolute atomic E-state index is 5.99. The van der Waals surface area contributed by atoms with Gasteiger partial charge in [0, 0.05) is 25.9 Å². The van der Waals surface area contributed by atoms with Crippen LogP contribution in [-0.4, -0.2) is 19.6 Å². The number of halogens is 1. The average molecular weight is 211 g/mol. The Morgan fingerprint density at radius 2 is 2.29 bits per heavy atom. The summed E-state index contributed by atoms with van der Waals surface area (Å²) in [7, 11) is 1.88. The van der Waals surface area contributed by atoms with E-state index in [2.05, 4.69) is 10.2 Å². The quantitative estimate of drug-likeness (QED) is 0.760. The van der Waals surface area contributed by atoms with Gasteiger partial charge in [-0.2, -0.15) is 10.2 Å². The highest BCUT2D eigenvalue weighted by Crippen LogP contribution is 2.20. The van der Waals surface area contributed by atoms with Crippen LogP contribution in [0.5, 0.6) is 0 Å².